The largest absolute Gasteiger partial charge is 0.396 e. The predicted molar refractivity (Wildman–Crippen MR) is 70.6 cm³/mol. The number of anilines is 2. The van der Waals surface area contributed by atoms with E-state index in [2.05, 4.69) is 15.3 Å². The topological polar surface area (TPSA) is 127 Å². The summed E-state index contributed by atoms with van der Waals surface area (Å²) in [6.07, 6.45) is 1.93. The minimum absolute atomic E-state index is 0.134. The maximum atomic E-state index is 10.8. The third kappa shape index (κ3) is 4.34. The Morgan fingerprint density at radius 2 is 2.28 bits per heavy atom. The molecule has 18 heavy (non-hydrogen) atoms. The molecule has 0 unspecified atom stereocenters. The third-order valence-corrected chi connectivity index (χ3v) is 3.09. The summed E-state index contributed by atoms with van der Waals surface area (Å²) in [5.41, 5.74) is 5.13. The van der Waals surface area contributed by atoms with Gasteiger partial charge in [-0.1, -0.05) is 0 Å². The van der Waals surface area contributed by atoms with Crippen LogP contribution in [0.5, 0.6) is 0 Å². The van der Waals surface area contributed by atoms with Crippen LogP contribution in [-0.4, -0.2) is 44.7 Å². The Kier molecular flexibility index (Phi) is 6.15. The van der Waals surface area contributed by atoms with Crippen LogP contribution in [0.4, 0.5) is 17.3 Å². The van der Waals surface area contributed by atoms with Crippen molar-refractivity contribution in [1.29, 1.82) is 0 Å². The van der Waals surface area contributed by atoms with Crippen LogP contribution in [-0.2, 0) is 0 Å². The van der Waals surface area contributed by atoms with E-state index in [1.165, 1.54) is 6.33 Å². The van der Waals surface area contributed by atoms with E-state index in [1.807, 2.05) is 0 Å². The summed E-state index contributed by atoms with van der Waals surface area (Å²) < 4.78 is 0. The monoisotopic (exact) mass is 273 g/mol. The van der Waals surface area contributed by atoms with Gasteiger partial charge in [0.25, 0.3) is 0 Å². The van der Waals surface area contributed by atoms with Gasteiger partial charge in [-0.05, 0) is 12.2 Å². The zero-order chi connectivity index (χ0) is 13.4. The van der Waals surface area contributed by atoms with E-state index in [4.69, 9.17) is 10.8 Å². The molecule has 8 nitrogen and oxygen atoms in total. The summed E-state index contributed by atoms with van der Waals surface area (Å²) >= 11 is 1.65. The molecular formula is C9H15N5O3S. The number of aliphatic hydroxyl groups excluding tert-OH is 1. The number of hydrogen-bond donors (Lipinski definition) is 3. The van der Waals surface area contributed by atoms with Crippen LogP contribution in [0.2, 0.25) is 0 Å². The number of nitrogens with zero attached hydrogens (tertiary/aromatic N) is 3. The number of hydrogen-bond acceptors (Lipinski definition) is 8. The van der Waals surface area contributed by atoms with Gasteiger partial charge in [0.15, 0.2) is 0 Å². The maximum Gasteiger partial charge on any atom is 0.352 e. The summed E-state index contributed by atoms with van der Waals surface area (Å²) in [5.74, 6) is 1.61. The number of thioether (sulfide) groups is 1. The molecule has 0 spiro atoms. The van der Waals surface area contributed by atoms with Gasteiger partial charge < -0.3 is 16.2 Å². The normalized spacial score (nSPS) is 10.3. The smallest absolute Gasteiger partial charge is 0.352 e. The molecule has 0 fully saturated rings. The lowest BCUT2D eigenvalue weighted by molar-refractivity contribution is -0.383. The van der Waals surface area contributed by atoms with Crippen molar-refractivity contribution in [3.8, 4) is 0 Å². The van der Waals surface area contributed by atoms with Crippen molar-refractivity contribution in [2.24, 2.45) is 0 Å². The summed E-state index contributed by atoms with van der Waals surface area (Å²) in [6, 6.07) is 0. The Balaban J connectivity index is 2.47. The highest BCUT2D eigenvalue weighted by Gasteiger charge is 2.20. The van der Waals surface area contributed by atoms with Gasteiger partial charge in [-0.15, -0.1) is 0 Å². The zero-order valence-electron chi connectivity index (χ0n) is 9.70. The van der Waals surface area contributed by atoms with Crippen LogP contribution < -0.4 is 11.1 Å². The second-order valence-corrected chi connectivity index (χ2v) is 4.55. The average molecular weight is 273 g/mol. The van der Waals surface area contributed by atoms with Crippen molar-refractivity contribution in [2.45, 2.75) is 6.42 Å². The quantitative estimate of drug-likeness (QED) is 0.355. The molecule has 0 radical (unpaired) electrons. The molecule has 0 saturated carbocycles. The van der Waals surface area contributed by atoms with Gasteiger partial charge in [0.2, 0.25) is 11.6 Å². The highest BCUT2D eigenvalue weighted by molar-refractivity contribution is 7.99. The fourth-order valence-electron chi connectivity index (χ4n) is 1.21. The van der Waals surface area contributed by atoms with Gasteiger partial charge in [-0.2, -0.15) is 11.8 Å². The van der Waals surface area contributed by atoms with Crippen molar-refractivity contribution in [1.82, 2.24) is 9.97 Å². The number of rotatable bonds is 8. The van der Waals surface area contributed by atoms with Gasteiger partial charge in [0, 0.05) is 18.9 Å². The van der Waals surface area contributed by atoms with Crippen LogP contribution in [0.3, 0.4) is 0 Å². The minimum Gasteiger partial charge on any atom is -0.396 e. The first-order valence-corrected chi connectivity index (χ1v) is 6.49. The van der Waals surface area contributed by atoms with Gasteiger partial charge in [0.05, 0.1) is 4.92 Å². The van der Waals surface area contributed by atoms with E-state index in [0.29, 0.717) is 6.54 Å². The lowest BCUT2D eigenvalue weighted by Crippen LogP contribution is -2.10. The molecule has 0 aromatic carbocycles. The molecule has 0 amide bonds. The van der Waals surface area contributed by atoms with Gasteiger partial charge in [0.1, 0.15) is 6.33 Å². The summed E-state index contributed by atoms with van der Waals surface area (Å²) in [5, 5.41) is 22.2. The van der Waals surface area contributed by atoms with Crippen LogP contribution >= 0.6 is 11.8 Å². The molecule has 100 valence electrons. The number of nitrogen functional groups attached to an aromatic ring is 1. The number of nitro groups is 1. The molecular weight excluding hydrogens is 258 g/mol. The molecule has 0 aliphatic heterocycles. The van der Waals surface area contributed by atoms with Crippen molar-refractivity contribution < 1.29 is 10.0 Å². The molecule has 0 bridgehead atoms. The van der Waals surface area contributed by atoms with Crippen molar-refractivity contribution in [3.63, 3.8) is 0 Å². The van der Waals surface area contributed by atoms with Crippen LogP contribution in [0.1, 0.15) is 6.42 Å². The number of aromatic nitrogens is 2. The SMILES string of the molecule is Nc1ncnc(NCCSCCCO)c1[N+](=O)[O-]. The molecule has 0 atom stereocenters. The molecule has 9 heteroatoms. The Morgan fingerprint density at radius 3 is 2.94 bits per heavy atom. The first-order chi connectivity index (χ1) is 8.66. The molecule has 0 aliphatic rings. The maximum absolute atomic E-state index is 10.8. The van der Waals surface area contributed by atoms with Crippen LogP contribution in [0.25, 0.3) is 0 Å². The molecule has 0 saturated heterocycles. The number of nitrogens with two attached hydrogens (primary N) is 1. The fraction of sp³-hybridized carbons (Fsp3) is 0.556. The Morgan fingerprint density at radius 1 is 1.50 bits per heavy atom. The molecule has 1 aromatic rings. The van der Waals surface area contributed by atoms with Crippen LogP contribution in [0.15, 0.2) is 6.33 Å². The number of aliphatic hydroxyl groups is 1. The first-order valence-electron chi connectivity index (χ1n) is 5.34. The van der Waals surface area contributed by atoms with E-state index >= 15 is 0 Å². The van der Waals surface area contributed by atoms with Crippen LogP contribution in [0, 0.1) is 10.1 Å². The zero-order valence-corrected chi connectivity index (χ0v) is 10.5. The van der Waals surface area contributed by atoms with Gasteiger partial charge in [-0.3, -0.25) is 10.1 Å². The second-order valence-electron chi connectivity index (χ2n) is 3.33. The van der Waals surface area contributed by atoms with E-state index in [-0.39, 0.29) is 23.9 Å². The predicted octanol–water partition coefficient (Wildman–Crippen LogP) is 0.495. The van der Waals surface area contributed by atoms with Gasteiger partial charge >= 0.3 is 5.69 Å². The summed E-state index contributed by atoms with van der Waals surface area (Å²) in [4.78, 5) is 17.6. The highest BCUT2D eigenvalue weighted by Crippen LogP contribution is 2.25. The van der Waals surface area contributed by atoms with E-state index < -0.39 is 4.92 Å². The minimum atomic E-state index is -0.601. The van der Waals surface area contributed by atoms with E-state index in [9.17, 15) is 10.1 Å². The Bertz CT molecular complexity index is 404. The highest BCUT2D eigenvalue weighted by atomic mass is 32.2. The van der Waals surface area contributed by atoms with Crippen molar-refractivity contribution in [2.75, 3.05) is 35.7 Å². The molecule has 4 N–H and O–H groups in total. The lowest BCUT2D eigenvalue weighted by Gasteiger charge is -2.06. The Labute approximate surface area is 108 Å². The van der Waals surface area contributed by atoms with E-state index in [0.717, 1.165) is 17.9 Å². The first kappa shape index (κ1) is 14.5. The third-order valence-electron chi connectivity index (χ3n) is 2.02. The number of nitrogens with one attached hydrogen (secondary N) is 1. The fourth-order valence-corrected chi connectivity index (χ4v) is 2.00. The standard InChI is InChI=1S/C9H15N5O3S/c10-8-7(14(16)17)9(13-6-12-8)11-2-5-18-4-1-3-15/h6,15H,1-5H2,(H3,10,11,12,13). The lowest BCUT2D eigenvalue weighted by atomic mass is 10.4. The summed E-state index contributed by atoms with van der Waals surface area (Å²) in [7, 11) is 0. The van der Waals surface area contributed by atoms with Crippen molar-refractivity contribution >= 4 is 29.1 Å². The molecule has 0 aliphatic carbocycles. The summed E-state index contributed by atoms with van der Waals surface area (Å²) in [6.45, 7) is 0.710. The molecule has 1 heterocycles. The molecule has 1 aromatic heterocycles. The van der Waals surface area contributed by atoms with Crippen molar-refractivity contribution in [3.05, 3.63) is 16.4 Å². The Hall–Kier alpha value is -1.61. The van der Waals surface area contributed by atoms with E-state index in [1.54, 1.807) is 11.8 Å². The average Bonchev–Trinajstić information content (AvgIpc) is 2.33. The molecule has 1 rings (SSSR count). The second kappa shape index (κ2) is 7.67. The van der Waals surface area contributed by atoms with Gasteiger partial charge in [-0.25, -0.2) is 9.97 Å².